The molecule has 0 fully saturated rings. The van der Waals surface area contributed by atoms with Crippen molar-refractivity contribution in [2.45, 2.75) is 25.3 Å². The van der Waals surface area contributed by atoms with Gasteiger partial charge >= 0.3 is 0 Å². The van der Waals surface area contributed by atoms with Crippen molar-refractivity contribution >= 4 is 17.5 Å². The largest absolute Gasteiger partial charge is 0.348 e. The minimum absolute atomic E-state index is 0.190. The van der Waals surface area contributed by atoms with Crippen LogP contribution in [0.3, 0.4) is 0 Å². The van der Waals surface area contributed by atoms with Crippen molar-refractivity contribution in [3.8, 4) is 0 Å². The van der Waals surface area contributed by atoms with Crippen LogP contribution in [0.5, 0.6) is 0 Å². The van der Waals surface area contributed by atoms with Crippen LogP contribution in [0.15, 0.2) is 24.5 Å². The summed E-state index contributed by atoms with van der Waals surface area (Å²) in [5.74, 6) is -0.190. The van der Waals surface area contributed by atoms with E-state index in [0.717, 1.165) is 19.3 Å². The molecule has 1 unspecified atom stereocenters. The molecule has 0 saturated heterocycles. The molecule has 4 nitrogen and oxygen atoms in total. The molecule has 0 aromatic carbocycles. The van der Waals surface area contributed by atoms with Gasteiger partial charge in [0.25, 0.3) is 5.91 Å². The van der Waals surface area contributed by atoms with Crippen molar-refractivity contribution in [2.24, 2.45) is 0 Å². The van der Waals surface area contributed by atoms with Gasteiger partial charge in [0.1, 0.15) is 10.8 Å². The molecule has 16 heavy (non-hydrogen) atoms. The number of allylic oxidation sites excluding steroid dienone is 1. The lowest BCUT2D eigenvalue weighted by Gasteiger charge is -2.18. The molecular weight excluding hydrogens is 226 g/mol. The van der Waals surface area contributed by atoms with Crippen LogP contribution >= 0.6 is 11.6 Å². The Kier molecular flexibility index (Phi) is 3.51. The van der Waals surface area contributed by atoms with Gasteiger partial charge in [0.05, 0.1) is 12.4 Å². The van der Waals surface area contributed by atoms with Crippen molar-refractivity contribution in [1.82, 2.24) is 15.3 Å². The summed E-state index contributed by atoms with van der Waals surface area (Å²) >= 11 is 5.59. The first kappa shape index (κ1) is 11.1. The molecule has 1 amide bonds. The molecule has 0 spiro atoms. The number of aromatic nitrogens is 2. The van der Waals surface area contributed by atoms with E-state index in [2.05, 4.69) is 27.4 Å². The van der Waals surface area contributed by atoms with Crippen molar-refractivity contribution < 1.29 is 4.79 Å². The molecule has 5 heteroatoms. The summed E-state index contributed by atoms with van der Waals surface area (Å²) in [6.45, 7) is 0. The lowest BCUT2D eigenvalue weighted by atomic mass is 10.0. The minimum Gasteiger partial charge on any atom is -0.348 e. The monoisotopic (exact) mass is 237 g/mol. The predicted octanol–water partition coefficient (Wildman–Crippen LogP) is 1.97. The molecule has 1 aromatic heterocycles. The van der Waals surface area contributed by atoms with Gasteiger partial charge in [-0.15, -0.1) is 0 Å². The maximum absolute atomic E-state index is 11.7. The molecule has 1 aliphatic rings. The van der Waals surface area contributed by atoms with E-state index in [4.69, 9.17) is 11.6 Å². The summed E-state index contributed by atoms with van der Waals surface area (Å²) in [5.41, 5.74) is 0.305. The smallest absolute Gasteiger partial charge is 0.271 e. The van der Waals surface area contributed by atoms with Gasteiger partial charge < -0.3 is 5.32 Å². The van der Waals surface area contributed by atoms with Gasteiger partial charge in [0, 0.05) is 6.04 Å². The van der Waals surface area contributed by atoms with Gasteiger partial charge in [-0.1, -0.05) is 23.8 Å². The SMILES string of the molecule is O=C(NC1CC=CCC1)c1cnc(Cl)cn1. The van der Waals surface area contributed by atoms with Gasteiger partial charge in [-0.3, -0.25) is 4.79 Å². The number of hydrogen-bond donors (Lipinski definition) is 1. The van der Waals surface area contributed by atoms with Crippen molar-refractivity contribution in [1.29, 1.82) is 0 Å². The molecule has 1 N–H and O–H groups in total. The fourth-order valence-corrected chi connectivity index (χ4v) is 1.71. The highest BCUT2D eigenvalue weighted by atomic mass is 35.5. The first-order valence-electron chi connectivity index (χ1n) is 5.19. The first-order valence-corrected chi connectivity index (χ1v) is 5.57. The Hall–Kier alpha value is -1.42. The molecule has 1 aliphatic carbocycles. The standard InChI is InChI=1S/C11H12ClN3O/c12-10-7-13-9(6-14-10)11(16)15-8-4-2-1-3-5-8/h1-2,6-8H,3-5H2,(H,15,16). The van der Waals surface area contributed by atoms with Crippen molar-refractivity contribution in [3.63, 3.8) is 0 Å². The van der Waals surface area contributed by atoms with Crippen LogP contribution in [-0.4, -0.2) is 21.9 Å². The summed E-state index contributed by atoms with van der Waals surface area (Å²) in [4.78, 5) is 19.5. The molecule has 0 radical (unpaired) electrons. The lowest BCUT2D eigenvalue weighted by Crippen LogP contribution is -2.35. The Morgan fingerprint density at radius 3 is 2.88 bits per heavy atom. The van der Waals surface area contributed by atoms with Crippen LogP contribution in [0.25, 0.3) is 0 Å². The van der Waals surface area contributed by atoms with Crippen molar-refractivity contribution in [3.05, 3.63) is 35.4 Å². The lowest BCUT2D eigenvalue weighted by molar-refractivity contribution is 0.0929. The number of halogens is 1. The molecule has 84 valence electrons. The number of nitrogens with one attached hydrogen (secondary N) is 1. The highest BCUT2D eigenvalue weighted by molar-refractivity contribution is 6.29. The second kappa shape index (κ2) is 5.07. The summed E-state index contributed by atoms with van der Waals surface area (Å²) in [7, 11) is 0. The normalized spacial score (nSPS) is 19.4. The number of nitrogens with zero attached hydrogens (tertiary/aromatic N) is 2. The van der Waals surface area contributed by atoms with E-state index in [1.54, 1.807) is 0 Å². The Bertz CT molecular complexity index is 402. The molecule has 0 aliphatic heterocycles. The van der Waals surface area contributed by atoms with E-state index in [1.165, 1.54) is 12.4 Å². The van der Waals surface area contributed by atoms with Crippen LogP contribution in [-0.2, 0) is 0 Å². The quantitative estimate of drug-likeness (QED) is 0.801. The maximum Gasteiger partial charge on any atom is 0.271 e. The van der Waals surface area contributed by atoms with Crippen LogP contribution in [0.2, 0.25) is 5.15 Å². The zero-order chi connectivity index (χ0) is 11.4. The van der Waals surface area contributed by atoms with Crippen LogP contribution in [0.4, 0.5) is 0 Å². The maximum atomic E-state index is 11.7. The Balaban J connectivity index is 1.97. The molecule has 2 rings (SSSR count). The van der Waals surface area contributed by atoms with Gasteiger partial charge in [0.2, 0.25) is 0 Å². The average Bonchev–Trinajstić information content (AvgIpc) is 2.31. The third-order valence-corrected chi connectivity index (χ3v) is 2.65. The number of hydrogen-bond acceptors (Lipinski definition) is 3. The van der Waals surface area contributed by atoms with E-state index in [9.17, 15) is 4.79 Å². The first-order chi connectivity index (χ1) is 7.75. The van der Waals surface area contributed by atoms with Crippen molar-refractivity contribution in [2.75, 3.05) is 0 Å². The third-order valence-electron chi connectivity index (χ3n) is 2.46. The van der Waals surface area contributed by atoms with Gasteiger partial charge in [-0.05, 0) is 19.3 Å². The highest BCUT2D eigenvalue weighted by Crippen LogP contribution is 2.11. The predicted molar refractivity (Wildman–Crippen MR) is 61.3 cm³/mol. The number of carbonyl (C=O) groups excluding carboxylic acids is 1. The van der Waals surface area contributed by atoms with Crippen LogP contribution < -0.4 is 5.32 Å². The van der Waals surface area contributed by atoms with E-state index in [1.807, 2.05) is 0 Å². The second-order valence-electron chi connectivity index (χ2n) is 3.68. The number of carbonyl (C=O) groups is 1. The zero-order valence-electron chi connectivity index (χ0n) is 8.69. The molecule has 0 saturated carbocycles. The zero-order valence-corrected chi connectivity index (χ0v) is 9.44. The van der Waals surface area contributed by atoms with Gasteiger partial charge in [0.15, 0.2) is 0 Å². The highest BCUT2D eigenvalue weighted by Gasteiger charge is 2.15. The van der Waals surface area contributed by atoms with Crippen LogP contribution in [0, 0.1) is 0 Å². The summed E-state index contributed by atoms with van der Waals surface area (Å²) in [5, 5.41) is 3.21. The Labute approximate surface area is 98.7 Å². The van der Waals surface area contributed by atoms with E-state index in [0.29, 0.717) is 5.69 Å². The second-order valence-corrected chi connectivity index (χ2v) is 4.07. The summed E-state index contributed by atoms with van der Waals surface area (Å²) in [6.07, 6.45) is 9.84. The molecule has 1 atom stereocenters. The van der Waals surface area contributed by atoms with E-state index in [-0.39, 0.29) is 17.1 Å². The topological polar surface area (TPSA) is 54.9 Å². The molecule has 0 bridgehead atoms. The number of amides is 1. The fraction of sp³-hybridized carbons (Fsp3) is 0.364. The molecule has 1 heterocycles. The number of rotatable bonds is 2. The summed E-state index contributed by atoms with van der Waals surface area (Å²) in [6, 6.07) is 0.204. The minimum atomic E-state index is -0.190. The van der Waals surface area contributed by atoms with Crippen LogP contribution in [0.1, 0.15) is 29.8 Å². The third kappa shape index (κ3) is 2.79. The van der Waals surface area contributed by atoms with Gasteiger partial charge in [-0.25, -0.2) is 9.97 Å². The van der Waals surface area contributed by atoms with E-state index >= 15 is 0 Å². The summed E-state index contributed by atoms with van der Waals surface area (Å²) < 4.78 is 0. The molecule has 1 aromatic rings. The van der Waals surface area contributed by atoms with E-state index < -0.39 is 0 Å². The average molecular weight is 238 g/mol. The fourth-order valence-electron chi connectivity index (χ4n) is 1.61. The Morgan fingerprint density at radius 2 is 2.25 bits per heavy atom. The Morgan fingerprint density at radius 1 is 1.38 bits per heavy atom. The molecular formula is C11H12ClN3O. The van der Waals surface area contributed by atoms with Gasteiger partial charge in [-0.2, -0.15) is 0 Å².